The summed E-state index contributed by atoms with van der Waals surface area (Å²) in [6, 6.07) is 7.55. The number of hydrogen-bond acceptors (Lipinski definition) is 3. The van der Waals surface area contributed by atoms with Gasteiger partial charge in [0.25, 0.3) is 0 Å². The molecule has 4 heteroatoms. The van der Waals surface area contributed by atoms with Gasteiger partial charge in [-0.05, 0) is 37.3 Å². The van der Waals surface area contributed by atoms with Crippen LogP contribution in [0.4, 0.5) is 0 Å². The van der Waals surface area contributed by atoms with Crippen LogP contribution in [-0.4, -0.2) is 24.5 Å². The van der Waals surface area contributed by atoms with Crippen molar-refractivity contribution in [3.63, 3.8) is 0 Å². The Kier molecular flexibility index (Phi) is 4.80. The molecule has 0 radical (unpaired) electrons. The van der Waals surface area contributed by atoms with E-state index in [1.165, 1.54) is 0 Å². The van der Waals surface area contributed by atoms with Crippen molar-refractivity contribution in [2.24, 2.45) is 5.92 Å². The van der Waals surface area contributed by atoms with Crippen LogP contribution >= 0.6 is 0 Å². The number of benzene rings is 1. The molecule has 19 heavy (non-hydrogen) atoms. The van der Waals surface area contributed by atoms with Crippen LogP contribution in [0.2, 0.25) is 0 Å². The molecule has 1 N–H and O–H groups in total. The van der Waals surface area contributed by atoms with E-state index < -0.39 is 20.7 Å². The van der Waals surface area contributed by atoms with E-state index in [1.54, 1.807) is 19.9 Å². The summed E-state index contributed by atoms with van der Waals surface area (Å²) in [6.45, 7) is 7.37. The van der Waals surface area contributed by atoms with Crippen LogP contribution in [0.1, 0.15) is 44.9 Å². The summed E-state index contributed by atoms with van der Waals surface area (Å²) in [5.74, 6) is 0.523. The molecule has 1 aromatic rings. The maximum Gasteiger partial charge on any atom is 0.155 e. The molecule has 0 aliphatic rings. The van der Waals surface area contributed by atoms with E-state index in [9.17, 15) is 13.5 Å². The van der Waals surface area contributed by atoms with Crippen LogP contribution in [0.5, 0.6) is 0 Å². The zero-order chi connectivity index (χ0) is 14.8. The van der Waals surface area contributed by atoms with E-state index >= 15 is 0 Å². The summed E-state index contributed by atoms with van der Waals surface area (Å²) in [4.78, 5) is 0. The number of rotatable bonds is 5. The van der Waals surface area contributed by atoms with Gasteiger partial charge in [-0.3, -0.25) is 0 Å². The van der Waals surface area contributed by atoms with Gasteiger partial charge in [0.2, 0.25) is 0 Å². The summed E-state index contributed by atoms with van der Waals surface area (Å²) in [5, 5.41) is 10.4. The predicted molar refractivity (Wildman–Crippen MR) is 78.9 cm³/mol. The number of sulfone groups is 1. The Morgan fingerprint density at radius 1 is 1.26 bits per heavy atom. The molecule has 3 nitrogen and oxygen atoms in total. The van der Waals surface area contributed by atoms with Crippen LogP contribution < -0.4 is 0 Å². The van der Waals surface area contributed by atoms with Crippen molar-refractivity contribution in [3.8, 4) is 0 Å². The van der Waals surface area contributed by atoms with E-state index in [4.69, 9.17) is 0 Å². The standard InChI is InChI=1S/C15H24O3S/c1-11(2)9-12-7-6-8-13(10-12)14(16)15(3,4)19(5,17)18/h6-8,10-11,14,16H,9H2,1-5H3. The quantitative estimate of drug-likeness (QED) is 0.904. The van der Waals surface area contributed by atoms with Gasteiger partial charge in [0, 0.05) is 6.26 Å². The van der Waals surface area contributed by atoms with E-state index in [1.807, 2.05) is 18.2 Å². The van der Waals surface area contributed by atoms with Crippen molar-refractivity contribution >= 4 is 9.84 Å². The lowest BCUT2D eigenvalue weighted by atomic mass is 9.94. The van der Waals surface area contributed by atoms with Crippen LogP contribution in [0.15, 0.2) is 24.3 Å². The van der Waals surface area contributed by atoms with Crippen LogP contribution in [0.3, 0.4) is 0 Å². The fourth-order valence-electron chi connectivity index (χ4n) is 1.97. The lowest BCUT2D eigenvalue weighted by Gasteiger charge is -2.29. The SMILES string of the molecule is CC(C)Cc1cccc(C(O)C(C)(C)S(C)(=O)=O)c1. The third-order valence-corrected chi connectivity index (χ3v) is 5.66. The lowest BCUT2D eigenvalue weighted by Crippen LogP contribution is -2.37. The Balaban J connectivity index is 3.10. The summed E-state index contributed by atoms with van der Waals surface area (Å²) >= 11 is 0. The Morgan fingerprint density at radius 2 is 1.84 bits per heavy atom. The van der Waals surface area contributed by atoms with Crippen molar-refractivity contribution in [2.75, 3.05) is 6.26 Å². The predicted octanol–water partition coefficient (Wildman–Crippen LogP) is 2.74. The van der Waals surface area contributed by atoms with Crippen molar-refractivity contribution in [1.29, 1.82) is 0 Å². The largest absolute Gasteiger partial charge is 0.387 e. The van der Waals surface area contributed by atoms with Gasteiger partial charge in [-0.2, -0.15) is 0 Å². The van der Waals surface area contributed by atoms with Crippen molar-refractivity contribution < 1.29 is 13.5 Å². The highest BCUT2D eigenvalue weighted by Crippen LogP contribution is 2.32. The Hall–Kier alpha value is -0.870. The second-order valence-corrected chi connectivity index (χ2v) is 8.72. The molecular formula is C15H24O3S. The molecule has 1 unspecified atom stereocenters. The first-order chi connectivity index (χ1) is 8.55. The minimum atomic E-state index is -3.34. The van der Waals surface area contributed by atoms with E-state index in [0.717, 1.165) is 18.2 Å². The van der Waals surface area contributed by atoms with Gasteiger partial charge < -0.3 is 5.11 Å². The molecule has 0 amide bonds. The van der Waals surface area contributed by atoms with Crippen molar-refractivity contribution in [3.05, 3.63) is 35.4 Å². The summed E-state index contributed by atoms with van der Waals surface area (Å²) in [7, 11) is -3.34. The molecule has 1 aromatic carbocycles. The number of aliphatic hydroxyl groups excluding tert-OH is 1. The molecule has 0 saturated carbocycles. The van der Waals surface area contributed by atoms with E-state index in [2.05, 4.69) is 13.8 Å². The van der Waals surface area contributed by atoms with Gasteiger partial charge in [-0.25, -0.2) is 8.42 Å². The van der Waals surface area contributed by atoms with Crippen LogP contribution in [-0.2, 0) is 16.3 Å². The van der Waals surface area contributed by atoms with Crippen LogP contribution in [0.25, 0.3) is 0 Å². The van der Waals surface area contributed by atoms with Crippen molar-refractivity contribution in [1.82, 2.24) is 0 Å². The monoisotopic (exact) mass is 284 g/mol. The molecule has 0 aliphatic heterocycles. The minimum Gasteiger partial charge on any atom is -0.387 e. The zero-order valence-electron chi connectivity index (χ0n) is 12.3. The summed E-state index contributed by atoms with van der Waals surface area (Å²) in [5.41, 5.74) is 1.78. The second-order valence-electron chi connectivity index (χ2n) is 6.12. The summed E-state index contributed by atoms with van der Waals surface area (Å²) < 4.78 is 22.3. The average Bonchev–Trinajstić information content (AvgIpc) is 2.25. The topological polar surface area (TPSA) is 54.4 Å². The molecule has 0 bridgehead atoms. The van der Waals surface area contributed by atoms with Gasteiger partial charge in [0.05, 0.1) is 10.9 Å². The van der Waals surface area contributed by atoms with E-state index in [-0.39, 0.29) is 0 Å². The van der Waals surface area contributed by atoms with Crippen LogP contribution in [0, 0.1) is 5.92 Å². The molecule has 108 valence electrons. The first kappa shape index (κ1) is 16.2. The van der Waals surface area contributed by atoms with Gasteiger partial charge in [0.15, 0.2) is 9.84 Å². The minimum absolute atomic E-state index is 0.523. The Bertz CT molecular complexity index is 530. The zero-order valence-corrected chi connectivity index (χ0v) is 13.2. The maximum atomic E-state index is 11.8. The normalized spacial score (nSPS) is 14.7. The number of aliphatic hydroxyl groups is 1. The molecular weight excluding hydrogens is 260 g/mol. The van der Waals surface area contributed by atoms with E-state index in [0.29, 0.717) is 11.5 Å². The fourth-order valence-corrected chi connectivity index (χ4v) is 2.51. The Morgan fingerprint density at radius 3 is 2.32 bits per heavy atom. The first-order valence-corrected chi connectivity index (χ1v) is 8.41. The lowest BCUT2D eigenvalue weighted by molar-refractivity contribution is 0.139. The maximum absolute atomic E-state index is 11.8. The highest BCUT2D eigenvalue weighted by atomic mass is 32.2. The highest BCUT2D eigenvalue weighted by molar-refractivity contribution is 7.92. The third kappa shape index (κ3) is 3.80. The molecule has 0 aliphatic carbocycles. The molecule has 0 fully saturated rings. The molecule has 1 rings (SSSR count). The fraction of sp³-hybridized carbons (Fsp3) is 0.600. The average molecular weight is 284 g/mol. The van der Waals surface area contributed by atoms with Gasteiger partial charge in [-0.15, -0.1) is 0 Å². The third-order valence-electron chi connectivity index (χ3n) is 3.52. The second kappa shape index (κ2) is 5.63. The highest BCUT2D eigenvalue weighted by Gasteiger charge is 2.38. The molecule has 0 aromatic heterocycles. The molecule has 0 heterocycles. The van der Waals surface area contributed by atoms with Gasteiger partial charge in [-0.1, -0.05) is 38.1 Å². The molecule has 0 spiro atoms. The first-order valence-electron chi connectivity index (χ1n) is 6.52. The smallest absolute Gasteiger partial charge is 0.155 e. The Labute approximate surface area is 116 Å². The molecule has 0 saturated heterocycles. The van der Waals surface area contributed by atoms with Crippen molar-refractivity contribution in [2.45, 2.75) is 45.0 Å². The number of hydrogen-bond donors (Lipinski definition) is 1. The van der Waals surface area contributed by atoms with Gasteiger partial charge >= 0.3 is 0 Å². The molecule has 1 atom stereocenters. The van der Waals surface area contributed by atoms with Gasteiger partial charge in [0.1, 0.15) is 0 Å². The summed E-state index contributed by atoms with van der Waals surface area (Å²) in [6.07, 6.45) is 1.06.